The highest BCUT2D eigenvalue weighted by Crippen LogP contribution is 2.24. The summed E-state index contributed by atoms with van der Waals surface area (Å²) >= 11 is 0. The third-order valence-corrected chi connectivity index (χ3v) is 3.69. The number of hydrogen-bond donors (Lipinski definition) is 0. The molecule has 1 aliphatic heterocycles. The van der Waals surface area contributed by atoms with Crippen LogP contribution in [0.3, 0.4) is 0 Å². The first-order valence-electron chi connectivity index (χ1n) is 6.94. The topological polar surface area (TPSA) is 59.5 Å². The number of aromatic nitrogens is 1. The van der Waals surface area contributed by atoms with Crippen molar-refractivity contribution in [2.45, 2.75) is 26.7 Å². The smallest absolute Gasteiger partial charge is 0.291 e. The summed E-state index contributed by atoms with van der Waals surface area (Å²) in [6.07, 6.45) is 5.10. The molecule has 1 saturated heterocycles. The first kappa shape index (κ1) is 13.0. The molecule has 3 heterocycles. The Morgan fingerprint density at radius 1 is 1.50 bits per heavy atom. The van der Waals surface area contributed by atoms with Crippen LogP contribution in [0.1, 0.15) is 34.6 Å². The Kier molecular flexibility index (Phi) is 3.34. The van der Waals surface area contributed by atoms with Crippen molar-refractivity contribution in [1.29, 1.82) is 0 Å². The lowest BCUT2D eigenvalue weighted by molar-refractivity contribution is 0.0466. The summed E-state index contributed by atoms with van der Waals surface area (Å²) in [5.41, 5.74) is 1.87. The number of carbonyl (C=O) groups is 1. The fourth-order valence-corrected chi connectivity index (χ4v) is 2.55. The standard InChI is InChI=1S/C15H18N2O3/c1-3-13-16-10(2)14(20-13)15(18)17-7-12(8-17)6-11-4-5-19-9-11/h4-5,9,12H,3,6-8H2,1-2H3. The molecule has 20 heavy (non-hydrogen) atoms. The molecule has 0 aromatic carbocycles. The Bertz CT molecular complexity index is 595. The van der Waals surface area contributed by atoms with Gasteiger partial charge >= 0.3 is 0 Å². The average molecular weight is 274 g/mol. The first-order chi connectivity index (χ1) is 9.67. The Labute approximate surface area is 117 Å². The summed E-state index contributed by atoms with van der Waals surface area (Å²) in [6, 6.07) is 1.97. The highest BCUT2D eigenvalue weighted by Gasteiger charge is 2.33. The van der Waals surface area contributed by atoms with E-state index >= 15 is 0 Å². The molecule has 0 radical (unpaired) electrons. The molecular weight excluding hydrogens is 256 g/mol. The van der Waals surface area contributed by atoms with E-state index in [-0.39, 0.29) is 5.91 Å². The monoisotopic (exact) mass is 274 g/mol. The van der Waals surface area contributed by atoms with E-state index in [4.69, 9.17) is 8.83 Å². The average Bonchev–Trinajstić information content (AvgIpc) is 3.01. The molecule has 5 heteroatoms. The molecule has 0 bridgehead atoms. The fraction of sp³-hybridized carbons (Fsp3) is 0.467. The van der Waals surface area contributed by atoms with Crippen LogP contribution in [-0.2, 0) is 12.8 Å². The minimum absolute atomic E-state index is 0.0434. The lowest BCUT2D eigenvalue weighted by Crippen LogP contribution is -2.50. The van der Waals surface area contributed by atoms with Crippen LogP contribution in [0.15, 0.2) is 27.4 Å². The van der Waals surface area contributed by atoms with Gasteiger partial charge in [0.05, 0.1) is 18.2 Å². The second kappa shape index (κ2) is 5.15. The highest BCUT2D eigenvalue weighted by atomic mass is 16.4. The van der Waals surface area contributed by atoms with E-state index in [1.54, 1.807) is 12.5 Å². The van der Waals surface area contributed by atoms with E-state index in [0.29, 0.717) is 29.7 Å². The van der Waals surface area contributed by atoms with Gasteiger partial charge in [-0.15, -0.1) is 0 Å². The van der Waals surface area contributed by atoms with Crippen molar-refractivity contribution >= 4 is 5.91 Å². The normalized spacial score (nSPS) is 15.4. The minimum atomic E-state index is -0.0434. The van der Waals surface area contributed by atoms with Gasteiger partial charge in [0.15, 0.2) is 5.89 Å². The second-order valence-corrected chi connectivity index (χ2v) is 5.29. The molecule has 106 valence electrons. The summed E-state index contributed by atoms with van der Waals surface area (Å²) < 4.78 is 10.6. The second-order valence-electron chi connectivity index (χ2n) is 5.29. The van der Waals surface area contributed by atoms with Crippen molar-refractivity contribution in [2.24, 2.45) is 5.92 Å². The van der Waals surface area contributed by atoms with E-state index < -0.39 is 0 Å². The first-order valence-corrected chi connectivity index (χ1v) is 6.94. The maximum atomic E-state index is 12.3. The number of furan rings is 1. The van der Waals surface area contributed by atoms with E-state index in [0.717, 1.165) is 19.5 Å². The molecule has 0 saturated carbocycles. The molecule has 2 aromatic rings. The molecule has 0 N–H and O–H groups in total. The van der Waals surface area contributed by atoms with Gasteiger partial charge in [0.1, 0.15) is 0 Å². The van der Waals surface area contributed by atoms with E-state index in [1.165, 1.54) is 5.56 Å². The van der Waals surface area contributed by atoms with Gasteiger partial charge in [-0.25, -0.2) is 4.98 Å². The van der Waals surface area contributed by atoms with E-state index in [1.807, 2.05) is 24.8 Å². The number of rotatable bonds is 4. The van der Waals surface area contributed by atoms with E-state index in [9.17, 15) is 4.79 Å². The quantitative estimate of drug-likeness (QED) is 0.859. The van der Waals surface area contributed by atoms with Gasteiger partial charge in [-0.1, -0.05) is 6.92 Å². The summed E-state index contributed by atoms with van der Waals surface area (Å²) in [5.74, 6) is 1.48. The molecular formula is C15H18N2O3. The fourth-order valence-electron chi connectivity index (χ4n) is 2.55. The van der Waals surface area contributed by atoms with Gasteiger partial charge < -0.3 is 13.7 Å². The minimum Gasteiger partial charge on any atom is -0.472 e. The summed E-state index contributed by atoms with van der Waals surface area (Å²) in [7, 11) is 0. The zero-order chi connectivity index (χ0) is 14.1. The van der Waals surface area contributed by atoms with Crippen molar-refractivity contribution in [3.63, 3.8) is 0 Å². The van der Waals surface area contributed by atoms with Gasteiger partial charge in [-0.05, 0) is 30.9 Å². The lowest BCUT2D eigenvalue weighted by atomic mass is 9.93. The number of amides is 1. The molecule has 1 aliphatic rings. The van der Waals surface area contributed by atoms with Crippen molar-refractivity contribution in [2.75, 3.05) is 13.1 Å². The molecule has 1 fully saturated rings. The molecule has 0 aliphatic carbocycles. The number of aryl methyl sites for hydroxylation is 2. The molecule has 1 amide bonds. The maximum absolute atomic E-state index is 12.3. The van der Waals surface area contributed by atoms with Crippen LogP contribution in [0.25, 0.3) is 0 Å². The zero-order valence-corrected chi connectivity index (χ0v) is 11.8. The molecule has 0 unspecified atom stereocenters. The number of oxazole rings is 1. The maximum Gasteiger partial charge on any atom is 0.291 e. The Morgan fingerprint density at radius 3 is 2.90 bits per heavy atom. The summed E-state index contributed by atoms with van der Waals surface area (Å²) in [5, 5.41) is 0. The van der Waals surface area contributed by atoms with Crippen LogP contribution >= 0.6 is 0 Å². The Hall–Kier alpha value is -2.04. The number of likely N-dealkylation sites (tertiary alicyclic amines) is 1. The van der Waals surface area contributed by atoms with Crippen LogP contribution in [0.4, 0.5) is 0 Å². The molecule has 0 atom stereocenters. The molecule has 5 nitrogen and oxygen atoms in total. The van der Waals surface area contributed by atoms with Crippen molar-refractivity contribution in [3.8, 4) is 0 Å². The highest BCUT2D eigenvalue weighted by molar-refractivity contribution is 5.93. The van der Waals surface area contributed by atoms with Gasteiger partial charge in [-0.3, -0.25) is 4.79 Å². The molecule has 2 aromatic heterocycles. The SMILES string of the molecule is CCc1nc(C)c(C(=O)N2CC(Cc3ccoc3)C2)o1. The van der Waals surface area contributed by atoms with Crippen LogP contribution in [-0.4, -0.2) is 28.9 Å². The predicted molar refractivity (Wildman–Crippen MR) is 72.4 cm³/mol. The zero-order valence-electron chi connectivity index (χ0n) is 11.8. The largest absolute Gasteiger partial charge is 0.472 e. The van der Waals surface area contributed by atoms with Gasteiger partial charge in [0, 0.05) is 19.5 Å². The van der Waals surface area contributed by atoms with Gasteiger partial charge in [-0.2, -0.15) is 0 Å². The Balaban J connectivity index is 1.59. The van der Waals surface area contributed by atoms with E-state index in [2.05, 4.69) is 4.98 Å². The van der Waals surface area contributed by atoms with Crippen molar-refractivity contribution < 1.29 is 13.6 Å². The third kappa shape index (κ3) is 2.35. The van der Waals surface area contributed by atoms with Gasteiger partial charge in [0.2, 0.25) is 5.76 Å². The number of nitrogens with zero attached hydrogens (tertiary/aromatic N) is 2. The third-order valence-electron chi connectivity index (χ3n) is 3.69. The van der Waals surface area contributed by atoms with Crippen LogP contribution < -0.4 is 0 Å². The van der Waals surface area contributed by atoms with Gasteiger partial charge in [0.25, 0.3) is 5.91 Å². The summed E-state index contributed by atoms with van der Waals surface area (Å²) in [6.45, 7) is 5.32. The van der Waals surface area contributed by atoms with Crippen molar-refractivity contribution in [1.82, 2.24) is 9.88 Å². The van der Waals surface area contributed by atoms with Crippen LogP contribution in [0.2, 0.25) is 0 Å². The number of carbonyl (C=O) groups excluding carboxylic acids is 1. The molecule has 3 rings (SSSR count). The number of hydrogen-bond acceptors (Lipinski definition) is 4. The Morgan fingerprint density at radius 2 is 2.30 bits per heavy atom. The van der Waals surface area contributed by atoms with Crippen molar-refractivity contribution in [3.05, 3.63) is 41.5 Å². The summed E-state index contributed by atoms with van der Waals surface area (Å²) in [4.78, 5) is 18.4. The lowest BCUT2D eigenvalue weighted by Gasteiger charge is -2.38. The predicted octanol–water partition coefficient (Wildman–Crippen LogP) is 2.45. The van der Waals surface area contributed by atoms with Crippen LogP contribution in [0.5, 0.6) is 0 Å². The van der Waals surface area contributed by atoms with Crippen LogP contribution in [0, 0.1) is 12.8 Å². The molecule has 0 spiro atoms.